The molecule has 9 nitrogen and oxygen atoms in total. The molecule has 1 unspecified atom stereocenters. The van der Waals surface area contributed by atoms with Gasteiger partial charge in [-0.15, -0.1) is 0 Å². The quantitative estimate of drug-likeness (QED) is 0.245. The van der Waals surface area contributed by atoms with Crippen LogP contribution in [0.5, 0.6) is 0 Å². The molecule has 2 amide bonds. The van der Waals surface area contributed by atoms with E-state index in [1.54, 1.807) is 31.4 Å². The maximum atomic E-state index is 12.4. The van der Waals surface area contributed by atoms with Crippen molar-refractivity contribution < 1.29 is 19.1 Å². The van der Waals surface area contributed by atoms with E-state index in [1.807, 2.05) is 13.8 Å². The lowest BCUT2D eigenvalue weighted by Gasteiger charge is -2.21. The molecule has 0 aliphatic rings. The minimum atomic E-state index is -0.658. The Balaban J connectivity index is 2.58. The topological polar surface area (TPSA) is 141 Å². The van der Waals surface area contributed by atoms with E-state index in [0.29, 0.717) is 37.6 Å². The van der Waals surface area contributed by atoms with E-state index in [-0.39, 0.29) is 23.7 Å². The molecule has 0 heterocycles. The van der Waals surface area contributed by atoms with Gasteiger partial charge in [0.25, 0.3) is 5.91 Å². The summed E-state index contributed by atoms with van der Waals surface area (Å²) in [4.78, 5) is 28.7. The minimum Gasteiger partial charge on any atom is -0.382 e. The molecule has 27 heavy (non-hydrogen) atoms. The van der Waals surface area contributed by atoms with Crippen LogP contribution in [-0.2, 0) is 14.3 Å². The summed E-state index contributed by atoms with van der Waals surface area (Å²) in [5, 5.41) is 5.52. The van der Waals surface area contributed by atoms with Gasteiger partial charge in [0.15, 0.2) is 5.96 Å². The molecule has 0 aromatic heterocycles. The molecular formula is C18H29N5O4. The van der Waals surface area contributed by atoms with Crippen molar-refractivity contribution >= 4 is 23.5 Å². The molecule has 6 N–H and O–H groups in total. The van der Waals surface area contributed by atoms with Crippen LogP contribution < -0.4 is 22.1 Å². The van der Waals surface area contributed by atoms with Crippen LogP contribution in [0.25, 0.3) is 0 Å². The highest BCUT2D eigenvalue weighted by Crippen LogP contribution is 2.13. The van der Waals surface area contributed by atoms with E-state index in [9.17, 15) is 9.59 Å². The van der Waals surface area contributed by atoms with Crippen LogP contribution in [0.4, 0.5) is 5.69 Å². The average molecular weight is 379 g/mol. The second-order valence-corrected chi connectivity index (χ2v) is 6.17. The number of guanidine groups is 1. The minimum absolute atomic E-state index is 0.0602. The fourth-order valence-corrected chi connectivity index (χ4v) is 2.20. The third-order valence-electron chi connectivity index (χ3n) is 3.60. The van der Waals surface area contributed by atoms with Gasteiger partial charge in [-0.05, 0) is 30.2 Å². The molecule has 1 aromatic carbocycles. The van der Waals surface area contributed by atoms with Crippen LogP contribution in [0, 0.1) is 5.92 Å². The van der Waals surface area contributed by atoms with Gasteiger partial charge in [-0.25, -0.2) is 4.99 Å². The van der Waals surface area contributed by atoms with E-state index < -0.39 is 6.04 Å². The Morgan fingerprint density at radius 1 is 1.11 bits per heavy atom. The maximum absolute atomic E-state index is 12.4. The van der Waals surface area contributed by atoms with Crippen LogP contribution in [0.3, 0.4) is 0 Å². The summed E-state index contributed by atoms with van der Waals surface area (Å²) in [6, 6.07) is 5.77. The first-order valence-corrected chi connectivity index (χ1v) is 8.70. The zero-order valence-corrected chi connectivity index (χ0v) is 16.0. The van der Waals surface area contributed by atoms with Gasteiger partial charge in [0.05, 0.1) is 25.5 Å². The molecule has 0 aliphatic carbocycles. The molecule has 9 heteroatoms. The van der Waals surface area contributed by atoms with Crippen LogP contribution in [0.1, 0.15) is 24.2 Å². The first kappa shape index (κ1) is 22.4. The molecule has 0 spiro atoms. The Bertz CT molecular complexity index is 627. The highest BCUT2D eigenvalue weighted by Gasteiger charge is 2.24. The van der Waals surface area contributed by atoms with Gasteiger partial charge in [-0.2, -0.15) is 0 Å². The molecule has 0 bridgehead atoms. The highest BCUT2D eigenvalue weighted by molar-refractivity contribution is 5.97. The highest BCUT2D eigenvalue weighted by atomic mass is 16.5. The first-order valence-electron chi connectivity index (χ1n) is 8.70. The van der Waals surface area contributed by atoms with E-state index in [0.717, 1.165) is 0 Å². The normalized spacial score (nSPS) is 11.7. The molecule has 0 fully saturated rings. The second-order valence-electron chi connectivity index (χ2n) is 6.17. The van der Waals surface area contributed by atoms with Crippen LogP contribution in [-0.4, -0.2) is 57.3 Å². The lowest BCUT2D eigenvalue weighted by molar-refractivity contribution is -0.124. The summed E-state index contributed by atoms with van der Waals surface area (Å²) in [7, 11) is 1.59. The number of rotatable bonds is 11. The van der Waals surface area contributed by atoms with Crippen LogP contribution in [0.15, 0.2) is 29.3 Å². The molecule has 1 atom stereocenters. The number of methoxy groups -OCH3 is 1. The Kier molecular flexibility index (Phi) is 9.84. The van der Waals surface area contributed by atoms with Gasteiger partial charge in [0.2, 0.25) is 5.91 Å². The van der Waals surface area contributed by atoms with E-state index in [2.05, 4.69) is 15.6 Å². The molecular weight excluding hydrogens is 350 g/mol. The predicted octanol–water partition coefficient (Wildman–Crippen LogP) is 0.125. The maximum Gasteiger partial charge on any atom is 0.251 e. The van der Waals surface area contributed by atoms with Crippen LogP contribution in [0.2, 0.25) is 0 Å². The van der Waals surface area contributed by atoms with Crippen LogP contribution >= 0.6 is 0 Å². The predicted molar refractivity (Wildman–Crippen MR) is 104 cm³/mol. The zero-order chi connectivity index (χ0) is 20.2. The van der Waals surface area contributed by atoms with Gasteiger partial charge < -0.3 is 31.6 Å². The number of benzene rings is 1. The van der Waals surface area contributed by atoms with E-state index in [4.69, 9.17) is 20.9 Å². The van der Waals surface area contributed by atoms with Crippen molar-refractivity contribution in [2.24, 2.45) is 22.4 Å². The van der Waals surface area contributed by atoms with Gasteiger partial charge >= 0.3 is 0 Å². The summed E-state index contributed by atoms with van der Waals surface area (Å²) >= 11 is 0. The smallest absolute Gasteiger partial charge is 0.251 e. The third-order valence-corrected chi connectivity index (χ3v) is 3.60. The van der Waals surface area contributed by atoms with Gasteiger partial charge in [-0.1, -0.05) is 13.8 Å². The van der Waals surface area contributed by atoms with Crippen molar-refractivity contribution in [2.45, 2.75) is 19.9 Å². The summed E-state index contributed by atoms with van der Waals surface area (Å²) in [6.45, 7) is 5.42. The standard InChI is InChI=1S/C18H29N5O4/c1-12(2)15(17(25)21-8-9-27-11-10-26-3)23-16(24)13-4-6-14(7-5-13)22-18(19)20/h4-7,12,15H,8-11H2,1-3H3,(H,21,25)(H,23,24)(H4,19,20,22). The summed E-state index contributed by atoms with van der Waals surface area (Å²) in [5.74, 6) is -0.749. The molecule has 0 aliphatic heterocycles. The number of nitrogens with one attached hydrogen (secondary N) is 2. The molecule has 150 valence electrons. The van der Waals surface area contributed by atoms with E-state index in [1.165, 1.54) is 0 Å². The van der Waals surface area contributed by atoms with Crippen molar-refractivity contribution in [3.05, 3.63) is 29.8 Å². The number of carbonyl (C=O) groups excluding carboxylic acids is 2. The number of aliphatic imine (C=N–C) groups is 1. The third kappa shape index (κ3) is 8.52. The number of carbonyl (C=O) groups is 2. The summed E-state index contributed by atoms with van der Waals surface area (Å²) in [5.41, 5.74) is 11.6. The van der Waals surface area contributed by atoms with Gasteiger partial charge in [-0.3, -0.25) is 9.59 Å². The SMILES string of the molecule is COCCOCCNC(=O)C(NC(=O)c1ccc(N=C(N)N)cc1)C(C)C. The zero-order valence-electron chi connectivity index (χ0n) is 16.0. The van der Waals surface area contributed by atoms with Crippen molar-refractivity contribution in [3.63, 3.8) is 0 Å². The summed E-state index contributed by atoms with van der Waals surface area (Å²) in [6.07, 6.45) is 0. The number of hydrogen-bond donors (Lipinski definition) is 4. The van der Waals surface area contributed by atoms with Crippen molar-refractivity contribution in [2.75, 3.05) is 33.5 Å². The fraction of sp³-hybridized carbons (Fsp3) is 0.500. The number of nitrogens with zero attached hydrogens (tertiary/aromatic N) is 1. The van der Waals surface area contributed by atoms with Crippen molar-refractivity contribution in [1.29, 1.82) is 0 Å². The Labute approximate surface area is 159 Å². The Hall–Kier alpha value is -2.65. The Morgan fingerprint density at radius 2 is 1.78 bits per heavy atom. The van der Waals surface area contributed by atoms with Gasteiger partial charge in [0, 0.05) is 19.2 Å². The average Bonchev–Trinajstić information content (AvgIpc) is 2.62. The lowest BCUT2D eigenvalue weighted by atomic mass is 10.0. The molecule has 1 aromatic rings. The second kappa shape index (κ2) is 11.9. The van der Waals surface area contributed by atoms with Gasteiger partial charge in [0.1, 0.15) is 6.04 Å². The molecule has 0 saturated carbocycles. The number of ether oxygens (including phenoxy) is 2. The largest absolute Gasteiger partial charge is 0.382 e. The van der Waals surface area contributed by atoms with Crippen molar-refractivity contribution in [3.8, 4) is 0 Å². The van der Waals surface area contributed by atoms with E-state index >= 15 is 0 Å². The molecule has 1 rings (SSSR count). The number of amides is 2. The Morgan fingerprint density at radius 3 is 2.33 bits per heavy atom. The summed E-state index contributed by atoms with van der Waals surface area (Å²) < 4.78 is 10.2. The lowest BCUT2D eigenvalue weighted by Crippen LogP contribution is -2.50. The monoisotopic (exact) mass is 379 g/mol. The first-order chi connectivity index (χ1) is 12.8. The molecule has 0 saturated heterocycles. The molecule has 0 radical (unpaired) electrons. The fourth-order valence-electron chi connectivity index (χ4n) is 2.20. The van der Waals surface area contributed by atoms with Crippen molar-refractivity contribution in [1.82, 2.24) is 10.6 Å². The number of nitrogens with two attached hydrogens (primary N) is 2. The number of hydrogen-bond acceptors (Lipinski definition) is 5.